The molecule has 19 heavy (non-hydrogen) atoms. The van der Waals surface area contributed by atoms with Crippen molar-refractivity contribution in [2.24, 2.45) is 0 Å². The van der Waals surface area contributed by atoms with Gasteiger partial charge < -0.3 is 5.32 Å². The summed E-state index contributed by atoms with van der Waals surface area (Å²) < 4.78 is 1.08. The van der Waals surface area contributed by atoms with Crippen molar-refractivity contribution in [1.82, 2.24) is 10.3 Å². The summed E-state index contributed by atoms with van der Waals surface area (Å²) in [6, 6.07) is 6.13. The molecule has 0 aliphatic carbocycles. The quantitative estimate of drug-likeness (QED) is 0.828. The summed E-state index contributed by atoms with van der Waals surface area (Å²) in [6.45, 7) is 7.05. The van der Waals surface area contributed by atoms with Gasteiger partial charge in [-0.25, -0.2) is 4.98 Å². The predicted octanol–water partition coefficient (Wildman–Crippen LogP) is 5.03. The molecule has 102 valence electrons. The number of nitrogens with zero attached hydrogens (tertiary/aromatic N) is 1. The molecule has 1 aromatic heterocycles. The SMILES string of the molecule is Cc1nc(C)c(C(C)NCc2cc(Cl)ccc2Br)s1. The first-order chi connectivity index (χ1) is 8.97. The van der Waals surface area contributed by atoms with Crippen LogP contribution in [0.3, 0.4) is 0 Å². The lowest BCUT2D eigenvalue weighted by Gasteiger charge is -2.14. The van der Waals surface area contributed by atoms with Crippen LogP contribution in [0.4, 0.5) is 0 Å². The number of thiazole rings is 1. The summed E-state index contributed by atoms with van der Waals surface area (Å²) in [7, 11) is 0. The van der Waals surface area contributed by atoms with Gasteiger partial charge in [-0.3, -0.25) is 0 Å². The third-order valence-corrected chi connectivity index (χ3v) is 5.20. The standard InChI is InChI=1S/C14H16BrClN2S/c1-8(14-9(2)18-10(3)19-14)17-7-11-6-12(16)4-5-13(11)15/h4-6,8,17H,7H2,1-3H3. The summed E-state index contributed by atoms with van der Waals surface area (Å²) in [5.41, 5.74) is 2.28. The Morgan fingerprint density at radius 1 is 1.42 bits per heavy atom. The zero-order valence-corrected chi connectivity index (χ0v) is 14.3. The Morgan fingerprint density at radius 2 is 2.16 bits per heavy atom. The molecule has 0 saturated carbocycles. The maximum atomic E-state index is 6.02. The van der Waals surface area contributed by atoms with Crippen molar-refractivity contribution < 1.29 is 0 Å². The molecule has 0 aliphatic rings. The molecule has 0 bridgehead atoms. The van der Waals surface area contributed by atoms with Crippen LogP contribution in [0.5, 0.6) is 0 Å². The lowest BCUT2D eigenvalue weighted by atomic mass is 10.2. The van der Waals surface area contributed by atoms with Crippen LogP contribution >= 0.6 is 38.9 Å². The van der Waals surface area contributed by atoms with Gasteiger partial charge in [0, 0.05) is 27.0 Å². The Labute approximate surface area is 131 Å². The molecule has 0 amide bonds. The number of aromatic nitrogens is 1. The molecular formula is C14H16BrClN2S. The highest BCUT2D eigenvalue weighted by Gasteiger charge is 2.13. The maximum Gasteiger partial charge on any atom is 0.0900 e. The minimum absolute atomic E-state index is 0.289. The van der Waals surface area contributed by atoms with E-state index in [9.17, 15) is 0 Å². The van der Waals surface area contributed by atoms with Gasteiger partial charge in [0.15, 0.2) is 0 Å². The molecule has 2 aromatic rings. The molecule has 1 unspecified atom stereocenters. The van der Waals surface area contributed by atoms with Crippen molar-refractivity contribution in [1.29, 1.82) is 0 Å². The third-order valence-electron chi connectivity index (χ3n) is 2.94. The van der Waals surface area contributed by atoms with Crippen LogP contribution in [-0.4, -0.2) is 4.98 Å². The first-order valence-corrected chi connectivity index (χ1v) is 8.07. The number of nitrogens with one attached hydrogen (secondary N) is 1. The average Bonchev–Trinajstić information content (AvgIpc) is 2.69. The van der Waals surface area contributed by atoms with E-state index in [-0.39, 0.29) is 6.04 Å². The largest absolute Gasteiger partial charge is 0.305 e. The second-order valence-electron chi connectivity index (χ2n) is 4.52. The fourth-order valence-corrected chi connectivity index (χ4v) is 3.52. The number of benzene rings is 1. The molecule has 2 nitrogen and oxygen atoms in total. The van der Waals surface area contributed by atoms with Gasteiger partial charge in [-0.15, -0.1) is 11.3 Å². The lowest BCUT2D eigenvalue weighted by molar-refractivity contribution is 0.578. The van der Waals surface area contributed by atoms with Crippen LogP contribution in [0.15, 0.2) is 22.7 Å². The lowest BCUT2D eigenvalue weighted by Crippen LogP contribution is -2.18. The van der Waals surface area contributed by atoms with E-state index >= 15 is 0 Å². The van der Waals surface area contributed by atoms with Gasteiger partial charge in [-0.2, -0.15) is 0 Å². The van der Waals surface area contributed by atoms with Gasteiger partial charge in [0.2, 0.25) is 0 Å². The summed E-state index contributed by atoms with van der Waals surface area (Å²) in [4.78, 5) is 5.77. The number of rotatable bonds is 4. The normalized spacial score (nSPS) is 12.7. The Morgan fingerprint density at radius 3 is 2.79 bits per heavy atom. The molecule has 1 aromatic carbocycles. The van der Waals surface area contributed by atoms with Gasteiger partial charge in [-0.1, -0.05) is 27.5 Å². The second kappa shape index (κ2) is 6.35. The number of hydrogen-bond acceptors (Lipinski definition) is 3. The topological polar surface area (TPSA) is 24.9 Å². The predicted molar refractivity (Wildman–Crippen MR) is 86.0 cm³/mol. The first kappa shape index (κ1) is 15.0. The average molecular weight is 360 g/mol. The van der Waals surface area contributed by atoms with Gasteiger partial charge in [0.1, 0.15) is 0 Å². The van der Waals surface area contributed by atoms with Crippen molar-refractivity contribution >= 4 is 38.9 Å². The van der Waals surface area contributed by atoms with Crippen LogP contribution in [0.25, 0.3) is 0 Å². The van der Waals surface area contributed by atoms with E-state index in [0.717, 1.165) is 26.7 Å². The van der Waals surface area contributed by atoms with Crippen molar-refractivity contribution in [2.45, 2.75) is 33.4 Å². The van der Waals surface area contributed by atoms with Crippen LogP contribution in [-0.2, 0) is 6.54 Å². The van der Waals surface area contributed by atoms with E-state index in [0.29, 0.717) is 0 Å². The zero-order valence-electron chi connectivity index (χ0n) is 11.1. The highest BCUT2D eigenvalue weighted by molar-refractivity contribution is 9.10. The second-order valence-corrected chi connectivity index (χ2v) is 7.05. The fourth-order valence-electron chi connectivity index (χ4n) is 1.98. The molecule has 0 saturated heterocycles. The minimum atomic E-state index is 0.289. The Hall–Kier alpha value is -0.420. The van der Waals surface area contributed by atoms with Crippen LogP contribution < -0.4 is 5.32 Å². The Kier molecular flexibility index (Phi) is 5.01. The summed E-state index contributed by atoms with van der Waals surface area (Å²) in [6.07, 6.45) is 0. The van der Waals surface area contributed by atoms with E-state index in [1.807, 2.05) is 25.1 Å². The summed E-state index contributed by atoms with van der Waals surface area (Å²) in [5.74, 6) is 0. The summed E-state index contributed by atoms with van der Waals surface area (Å²) >= 11 is 11.3. The molecule has 0 fully saturated rings. The molecule has 1 N–H and O–H groups in total. The smallest absolute Gasteiger partial charge is 0.0900 e. The summed E-state index contributed by atoms with van der Waals surface area (Å²) in [5, 5.41) is 5.40. The first-order valence-electron chi connectivity index (χ1n) is 6.08. The van der Waals surface area contributed by atoms with Crippen LogP contribution in [0.1, 0.15) is 34.1 Å². The number of halogens is 2. The van der Waals surface area contributed by atoms with Gasteiger partial charge in [0.25, 0.3) is 0 Å². The van der Waals surface area contributed by atoms with Gasteiger partial charge >= 0.3 is 0 Å². The van der Waals surface area contributed by atoms with E-state index in [4.69, 9.17) is 11.6 Å². The van der Waals surface area contributed by atoms with Crippen molar-refractivity contribution in [3.63, 3.8) is 0 Å². The third kappa shape index (κ3) is 3.78. The molecule has 5 heteroatoms. The van der Waals surface area contributed by atoms with E-state index < -0.39 is 0 Å². The number of hydrogen-bond donors (Lipinski definition) is 1. The van der Waals surface area contributed by atoms with Crippen LogP contribution in [0.2, 0.25) is 5.02 Å². The monoisotopic (exact) mass is 358 g/mol. The zero-order chi connectivity index (χ0) is 14.0. The molecule has 1 atom stereocenters. The minimum Gasteiger partial charge on any atom is -0.305 e. The van der Waals surface area contributed by atoms with Gasteiger partial charge in [-0.05, 0) is 44.5 Å². The molecule has 2 rings (SSSR count). The fraction of sp³-hybridized carbons (Fsp3) is 0.357. The van der Waals surface area contributed by atoms with Crippen LogP contribution in [0, 0.1) is 13.8 Å². The molecule has 0 spiro atoms. The highest BCUT2D eigenvalue weighted by atomic mass is 79.9. The molecule has 1 heterocycles. The van der Waals surface area contributed by atoms with Crippen molar-refractivity contribution in [3.8, 4) is 0 Å². The molecule has 0 aliphatic heterocycles. The maximum absolute atomic E-state index is 6.02. The van der Waals surface area contributed by atoms with Gasteiger partial charge in [0.05, 0.1) is 10.7 Å². The Bertz CT molecular complexity index is 583. The van der Waals surface area contributed by atoms with E-state index in [1.54, 1.807) is 11.3 Å². The highest BCUT2D eigenvalue weighted by Crippen LogP contribution is 2.26. The van der Waals surface area contributed by atoms with Crippen molar-refractivity contribution in [3.05, 3.63) is 48.8 Å². The number of aryl methyl sites for hydroxylation is 2. The molecular weight excluding hydrogens is 344 g/mol. The van der Waals surface area contributed by atoms with E-state index in [2.05, 4.69) is 40.1 Å². The van der Waals surface area contributed by atoms with Crippen molar-refractivity contribution in [2.75, 3.05) is 0 Å². The van der Waals surface area contributed by atoms with E-state index in [1.165, 1.54) is 10.4 Å². The Balaban J connectivity index is 2.06. The molecule has 0 radical (unpaired) electrons.